The van der Waals surface area contributed by atoms with Crippen LogP contribution in [0.1, 0.15) is 12.8 Å². The monoisotopic (exact) mass is 203 g/mol. The Balaban J connectivity index is 2.00. The van der Waals surface area contributed by atoms with E-state index in [1.54, 1.807) is 24.3 Å². The summed E-state index contributed by atoms with van der Waals surface area (Å²) >= 11 is 0. The fourth-order valence-corrected chi connectivity index (χ4v) is 1.77. The molecule has 76 valence electrons. The van der Waals surface area contributed by atoms with Crippen molar-refractivity contribution in [2.24, 2.45) is 0 Å². The number of imide groups is 1. The van der Waals surface area contributed by atoms with Crippen LogP contribution in [0.25, 0.3) is 0 Å². The molecule has 1 heterocycles. The van der Waals surface area contributed by atoms with Gasteiger partial charge >= 0.3 is 6.09 Å². The van der Waals surface area contributed by atoms with Crippen molar-refractivity contribution in [3.8, 4) is 0 Å². The van der Waals surface area contributed by atoms with Crippen LogP contribution in [0.5, 0.6) is 0 Å². The molecule has 0 bridgehead atoms. The maximum Gasteiger partial charge on any atom is 0.422 e. The standard InChI is InChI=1S/C11H9NO3/c13-9-11(6-7-11)15-10(14)12(9)8-4-2-1-3-5-8/h1-5H,6-7H2. The van der Waals surface area contributed by atoms with E-state index in [0.717, 1.165) is 4.90 Å². The molecule has 15 heavy (non-hydrogen) atoms. The SMILES string of the molecule is O=C1OC2(CC2)C(=O)N1c1ccccc1. The Morgan fingerprint density at radius 2 is 1.80 bits per heavy atom. The van der Waals surface area contributed by atoms with Crippen molar-refractivity contribution in [2.45, 2.75) is 18.4 Å². The molecule has 1 aromatic carbocycles. The van der Waals surface area contributed by atoms with E-state index in [9.17, 15) is 9.59 Å². The largest absolute Gasteiger partial charge is 0.432 e. The molecule has 1 spiro atoms. The number of nitrogens with zero attached hydrogens (tertiary/aromatic N) is 1. The minimum absolute atomic E-state index is 0.223. The van der Waals surface area contributed by atoms with E-state index >= 15 is 0 Å². The van der Waals surface area contributed by atoms with Crippen LogP contribution in [0.4, 0.5) is 10.5 Å². The van der Waals surface area contributed by atoms with E-state index in [-0.39, 0.29) is 5.91 Å². The summed E-state index contributed by atoms with van der Waals surface area (Å²) in [6, 6.07) is 8.85. The summed E-state index contributed by atoms with van der Waals surface area (Å²) in [5, 5.41) is 0. The summed E-state index contributed by atoms with van der Waals surface area (Å²) < 4.78 is 5.08. The molecule has 1 aromatic rings. The smallest absolute Gasteiger partial charge is 0.422 e. The molecule has 4 nitrogen and oxygen atoms in total. The molecule has 1 aliphatic carbocycles. The lowest BCUT2D eigenvalue weighted by atomic mass is 10.2. The van der Waals surface area contributed by atoms with Gasteiger partial charge in [-0.1, -0.05) is 18.2 Å². The summed E-state index contributed by atoms with van der Waals surface area (Å²) in [4.78, 5) is 24.5. The first kappa shape index (κ1) is 8.47. The maximum atomic E-state index is 11.9. The highest BCUT2D eigenvalue weighted by molar-refractivity contribution is 6.21. The zero-order chi connectivity index (χ0) is 10.5. The number of carbonyl (C=O) groups excluding carboxylic acids is 2. The highest BCUT2D eigenvalue weighted by Crippen LogP contribution is 2.46. The minimum atomic E-state index is -0.813. The van der Waals surface area contributed by atoms with Gasteiger partial charge in [0.1, 0.15) is 0 Å². The van der Waals surface area contributed by atoms with Crippen molar-refractivity contribution in [2.75, 3.05) is 4.90 Å². The quantitative estimate of drug-likeness (QED) is 0.697. The maximum absolute atomic E-state index is 11.9. The first-order valence-corrected chi connectivity index (χ1v) is 4.86. The lowest BCUT2D eigenvalue weighted by Gasteiger charge is -2.09. The predicted molar refractivity (Wildman–Crippen MR) is 52.4 cm³/mol. The predicted octanol–water partition coefficient (Wildman–Crippen LogP) is 1.70. The molecule has 0 radical (unpaired) electrons. The van der Waals surface area contributed by atoms with E-state index in [0.29, 0.717) is 18.5 Å². The fourth-order valence-electron chi connectivity index (χ4n) is 1.77. The molecule has 1 saturated carbocycles. The van der Waals surface area contributed by atoms with Gasteiger partial charge in [-0.05, 0) is 12.1 Å². The molecule has 3 rings (SSSR count). The Labute approximate surface area is 86.4 Å². The van der Waals surface area contributed by atoms with Crippen LogP contribution >= 0.6 is 0 Å². The molecule has 0 N–H and O–H groups in total. The number of para-hydroxylation sites is 1. The lowest BCUT2D eigenvalue weighted by Crippen LogP contribution is -2.31. The topological polar surface area (TPSA) is 46.6 Å². The molecule has 1 saturated heterocycles. The van der Waals surface area contributed by atoms with Crippen LogP contribution in [0.2, 0.25) is 0 Å². The van der Waals surface area contributed by atoms with Gasteiger partial charge in [0, 0.05) is 12.8 Å². The van der Waals surface area contributed by atoms with Crippen molar-refractivity contribution in [3.63, 3.8) is 0 Å². The van der Waals surface area contributed by atoms with Gasteiger partial charge in [-0.3, -0.25) is 4.79 Å². The number of anilines is 1. The van der Waals surface area contributed by atoms with Gasteiger partial charge in [-0.25, -0.2) is 9.69 Å². The normalized spacial score (nSPS) is 22.0. The molecule has 2 fully saturated rings. The second-order valence-corrected chi connectivity index (χ2v) is 3.84. The van der Waals surface area contributed by atoms with Crippen LogP contribution in [-0.4, -0.2) is 17.6 Å². The average molecular weight is 203 g/mol. The first-order valence-electron chi connectivity index (χ1n) is 4.86. The molecule has 0 unspecified atom stereocenters. The number of amides is 2. The zero-order valence-electron chi connectivity index (χ0n) is 7.97. The van der Waals surface area contributed by atoms with E-state index in [4.69, 9.17) is 4.74 Å². The van der Waals surface area contributed by atoms with Gasteiger partial charge in [0.2, 0.25) is 0 Å². The van der Waals surface area contributed by atoms with Crippen molar-refractivity contribution in [1.29, 1.82) is 0 Å². The van der Waals surface area contributed by atoms with Crippen LogP contribution in [0, 0.1) is 0 Å². The molecule has 0 aromatic heterocycles. The van der Waals surface area contributed by atoms with Gasteiger partial charge in [-0.15, -0.1) is 0 Å². The lowest BCUT2D eigenvalue weighted by molar-refractivity contribution is -0.123. The van der Waals surface area contributed by atoms with Crippen molar-refractivity contribution < 1.29 is 14.3 Å². The van der Waals surface area contributed by atoms with Crippen molar-refractivity contribution in [1.82, 2.24) is 0 Å². The van der Waals surface area contributed by atoms with Crippen molar-refractivity contribution >= 4 is 17.7 Å². The highest BCUT2D eigenvalue weighted by atomic mass is 16.6. The first-order chi connectivity index (χ1) is 7.23. The Morgan fingerprint density at radius 1 is 1.13 bits per heavy atom. The van der Waals surface area contributed by atoms with Gasteiger partial charge in [-0.2, -0.15) is 0 Å². The zero-order valence-corrected chi connectivity index (χ0v) is 7.97. The minimum Gasteiger partial charge on any atom is -0.432 e. The number of rotatable bonds is 1. The summed E-state index contributed by atoms with van der Waals surface area (Å²) in [6.07, 6.45) is 0.755. The number of benzene rings is 1. The van der Waals surface area contributed by atoms with Gasteiger partial charge in [0.15, 0.2) is 5.60 Å². The molecule has 4 heteroatoms. The van der Waals surface area contributed by atoms with Crippen LogP contribution in [0.3, 0.4) is 0 Å². The van der Waals surface area contributed by atoms with Crippen LogP contribution in [0.15, 0.2) is 30.3 Å². The van der Waals surface area contributed by atoms with Crippen molar-refractivity contribution in [3.05, 3.63) is 30.3 Å². The number of hydrogen-bond acceptors (Lipinski definition) is 3. The molecule has 1 aliphatic heterocycles. The van der Waals surface area contributed by atoms with Crippen LogP contribution < -0.4 is 4.90 Å². The molecular formula is C11H9NO3. The third kappa shape index (κ3) is 1.08. The van der Waals surface area contributed by atoms with Gasteiger partial charge in [0.25, 0.3) is 5.91 Å². The second-order valence-electron chi connectivity index (χ2n) is 3.84. The summed E-state index contributed by atoms with van der Waals surface area (Å²) in [6.45, 7) is 0. The third-order valence-electron chi connectivity index (χ3n) is 2.78. The molecule has 2 aliphatic rings. The number of carbonyl (C=O) groups is 2. The van der Waals surface area contributed by atoms with Gasteiger partial charge < -0.3 is 4.74 Å². The fraction of sp³-hybridized carbons (Fsp3) is 0.273. The summed E-state index contributed by atoms with van der Waals surface area (Å²) in [5.74, 6) is -0.223. The summed E-state index contributed by atoms with van der Waals surface area (Å²) in [7, 11) is 0. The molecular weight excluding hydrogens is 194 g/mol. The van der Waals surface area contributed by atoms with E-state index < -0.39 is 11.7 Å². The van der Waals surface area contributed by atoms with E-state index in [1.165, 1.54) is 0 Å². The summed E-state index contributed by atoms with van der Waals surface area (Å²) in [5.41, 5.74) is -0.233. The Morgan fingerprint density at radius 3 is 2.33 bits per heavy atom. The average Bonchev–Trinajstić information content (AvgIpc) is 2.95. The van der Waals surface area contributed by atoms with Crippen LogP contribution in [-0.2, 0) is 9.53 Å². The van der Waals surface area contributed by atoms with E-state index in [2.05, 4.69) is 0 Å². The Bertz CT molecular complexity index is 436. The molecule has 2 amide bonds. The third-order valence-corrected chi connectivity index (χ3v) is 2.78. The highest BCUT2D eigenvalue weighted by Gasteiger charge is 2.62. The molecule has 0 atom stereocenters. The van der Waals surface area contributed by atoms with E-state index in [1.807, 2.05) is 6.07 Å². The number of ether oxygens (including phenoxy) is 1. The second kappa shape index (κ2) is 2.59. The van der Waals surface area contributed by atoms with Gasteiger partial charge in [0.05, 0.1) is 5.69 Å². The Hall–Kier alpha value is -1.84. The number of hydrogen-bond donors (Lipinski definition) is 0. The Kier molecular flexibility index (Phi) is 1.46.